The first kappa shape index (κ1) is 17.9. The van der Waals surface area contributed by atoms with Gasteiger partial charge in [0, 0.05) is 28.8 Å². The molecule has 1 aliphatic rings. The monoisotopic (exact) mass is 422 g/mol. The van der Waals surface area contributed by atoms with Gasteiger partial charge in [-0.2, -0.15) is 0 Å². The zero-order valence-corrected chi connectivity index (χ0v) is 16.0. The highest BCUT2D eigenvalue weighted by atomic mass is 79.9. The van der Waals surface area contributed by atoms with E-state index in [0.717, 1.165) is 36.1 Å². The van der Waals surface area contributed by atoms with Crippen LogP contribution in [0.5, 0.6) is 0 Å². The fourth-order valence-electron chi connectivity index (χ4n) is 2.85. The summed E-state index contributed by atoms with van der Waals surface area (Å²) in [5, 5.41) is 0. The molecule has 5 nitrogen and oxygen atoms in total. The zero-order chi connectivity index (χ0) is 17.9. The Labute approximate surface area is 156 Å². The topological polar surface area (TPSA) is 66.5 Å². The van der Waals surface area contributed by atoms with Crippen molar-refractivity contribution in [2.24, 2.45) is 0 Å². The van der Waals surface area contributed by atoms with Crippen LogP contribution in [0.2, 0.25) is 0 Å². The molecule has 0 aromatic heterocycles. The number of sulfonamides is 1. The number of nitrogens with zero attached hydrogens (tertiary/aromatic N) is 1. The molecule has 2 aromatic rings. The SMILES string of the molecule is O=C(NS(=O)(=O)c1ccc(Br)cc1)c1cccc(N2CCCCC2)c1. The second-order valence-corrected chi connectivity index (χ2v) is 8.58. The summed E-state index contributed by atoms with van der Waals surface area (Å²) in [7, 11) is -3.90. The number of anilines is 1. The van der Waals surface area contributed by atoms with Gasteiger partial charge in [0.05, 0.1) is 4.90 Å². The van der Waals surface area contributed by atoms with Crippen molar-refractivity contribution in [2.75, 3.05) is 18.0 Å². The van der Waals surface area contributed by atoms with Gasteiger partial charge in [0.1, 0.15) is 0 Å². The number of rotatable bonds is 4. The molecule has 1 heterocycles. The van der Waals surface area contributed by atoms with Gasteiger partial charge in [-0.1, -0.05) is 22.0 Å². The highest BCUT2D eigenvalue weighted by Crippen LogP contribution is 2.21. The van der Waals surface area contributed by atoms with Crippen LogP contribution >= 0.6 is 15.9 Å². The minimum absolute atomic E-state index is 0.0521. The molecular weight excluding hydrogens is 404 g/mol. The van der Waals surface area contributed by atoms with Crippen molar-refractivity contribution in [1.29, 1.82) is 0 Å². The fourth-order valence-corrected chi connectivity index (χ4v) is 4.09. The number of hydrogen-bond donors (Lipinski definition) is 1. The lowest BCUT2D eigenvalue weighted by Crippen LogP contribution is -2.32. The summed E-state index contributed by atoms with van der Waals surface area (Å²) in [6.07, 6.45) is 3.49. The van der Waals surface area contributed by atoms with Gasteiger partial charge in [0.25, 0.3) is 15.9 Å². The standard InChI is InChI=1S/C18H19BrN2O3S/c19-15-7-9-17(10-8-15)25(23,24)20-18(22)14-5-4-6-16(13-14)21-11-2-1-3-12-21/h4-10,13H,1-3,11-12H2,(H,20,22). The van der Waals surface area contributed by atoms with E-state index in [9.17, 15) is 13.2 Å². The van der Waals surface area contributed by atoms with Gasteiger partial charge < -0.3 is 4.90 Å². The molecule has 25 heavy (non-hydrogen) atoms. The van der Waals surface area contributed by atoms with E-state index < -0.39 is 15.9 Å². The number of nitrogens with one attached hydrogen (secondary N) is 1. The lowest BCUT2D eigenvalue weighted by Gasteiger charge is -2.29. The minimum Gasteiger partial charge on any atom is -0.372 e. The van der Waals surface area contributed by atoms with Crippen LogP contribution in [0.3, 0.4) is 0 Å². The van der Waals surface area contributed by atoms with Crippen molar-refractivity contribution in [3.63, 3.8) is 0 Å². The van der Waals surface area contributed by atoms with E-state index in [0.29, 0.717) is 5.56 Å². The maximum Gasteiger partial charge on any atom is 0.265 e. The molecule has 132 valence electrons. The van der Waals surface area contributed by atoms with Crippen molar-refractivity contribution in [3.05, 3.63) is 58.6 Å². The van der Waals surface area contributed by atoms with E-state index in [4.69, 9.17) is 0 Å². The highest BCUT2D eigenvalue weighted by molar-refractivity contribution is 9.10. The summed E-state index contributed by atoms with van der Waals surface area (Å²) in [6.45, 7) is 1.92. The summed E-state index contributed by atoms with van der Waals surface area (Å²) < 4.78 is 27.6. The molecule has 1 N–H and O–H groups in total. The molecule has 1 amide bonds. The molecule has 0 aliphatic carbocycles. The molecule has 0 bridgehead atoms. The van der Waals surface area contributed by atoms with E-state index in [2.05, 4.69) is 25.6 Å². The largest absolute Gasteiger partial charge is 0.372 e. The fraction of sp³-hybridized carbons (Fsp3) is 0.278. The van der Waals surface area contributed by atoms with Crippen LogP contribution < -0.4 is 9.62 Å². The molecule has 7 heteroatoms. The Morgan fingerprint density at radius 1 is 1.00 bits per heavy atom. The van der Waals surface area contributed by atoms with E-state index in [1.807, 2.05) is 6.07 Å². The molecule has 2 aromatic carbocycles. The Balaban J connectivity index is 1.77. The number of piperidine rings is 1. The Morgan fingerprint density at radius 2 is 1.68 bits per heavy atom. The van der Waals surface area contributed by atoms with Crippen LogP contribution in [0, 0.1) is 0 Å². The van der Waals surface area contributed by atoms with Crippen LogP contribution in [0.1, 0.15) is 29.6 Å². The lowest BCUT2D eigenvalue weighted by molar-refractivity contribution is 0.0981. The maximum absolute atomic E-state index is 12.4. The Morgan fingerprint density at radius 3 is 2.36 bits per heavy atom. The third kappa shape index (κ3) is 4.41. The second-order valence-electron chi connectivity index (χ2n) is 5.99. The molecule has 1 aliphatic heterocycles. The third-order valence-corrected chi connectivity index (χ3v) is 6.06. The summed E-state index contributed by atoms with van der Waals surface area (Å²) in [4.78, 5) is 14.7. The van der Waals surface area contributed by atoms with Crippen molar-refractivity contribution in [3.8, 4) is 0 Å². The molecule has 0 atom stereocenters. The number of amides is 1. The number of benzene rings is 2. The maximum atomic E-state index is 12.4. The highest BCUT2D eigenvalue weighted by Gasteiger charge is 2.19. The van der Waals surface area contributed by atoms with Gasteiger partial charge in [-0.05, 0) is 61.7 Å². The quantitative estimate of drug-likeness (QED) is 0.817. The molecule has 1 saturated heterocycles. The average Bonchev–Trinajstić information content (AvgIpc) is 2.62. The van der Waals surface area contributed by atoms with Gasteiger partial charge in [-0.3, -0.25) is 4.79 Å². The first-order chi connectivity index (χ1) is 12.0. The van der Waals surface area contributed by atoms with Gasteiger partial charge in [-0.15, -0.1) is 0 Å². The molecule has 3 rings (SSSR count). The predicted molar refractivity (Wildman–Crippen MR) is 101 cm³/mol. The molecular formula is C18H19BrN2O3S. The second kappa shape index (κ2) is 7.58. The Hall–Kier alpha value is -1.86. The van der Waals surface area contributed by atoms with E-state index >= 15 is 0 Å². The lowest BCUT2D eigenvalue weighted by atomic mass is 10.1. The van der Waals surface area contributed by atoms with Crippen molar-refractivity contribution >= 4 is 37.5 Å². The van der Waals surface area contributed by atoms with Crippen molar-refractivity contribution in [1.82, 2.24) is 4.72 Å². The third-order valence-electron chi connectivity index (χ3n) is 4.18. The molecule has 0 saturated carbocycles. The summed E-state index contributed by atoms with van der Waals surface area (Å²) in [5.41, 5.74) is 1.29. The first-order valence-corrected chi connectivity index (χ1v) is 10.4. The average molecular weight is 423 g/mol. The van der Waals surface area contributed by atoms with Crippen molar-refractivity contribution < 1.29 is 13.2 Å². The zero-order valence-electron chi connectivity index (χ0n) is 13.6. The smallest absolute Gasteiger partial charge is 0.265 e. The Bertz CT molecular complexity index is 860. The van der Waals surface area contributed by atoms with Gasteiger partial charge in [-0.25, -0.2) is 13.1 Å². The van der Waals surface area contributed by atoms with E-state index in [-0.39, 0.29) is 4.90 Å². The van der Waals surface area contributed by atoms with Crippen LogP contribution in [0.25, 0.3) is 0 Å². The number of hydrogen-bond acceptors (Lipinski definition) is 4. The van der Waals surface area contributed by atoms with Crippen molar-refractivity contribution in [2.45, 2.75) is 24.2 Å². The van der Waals surface area contributed by atoms with Crippen LogP contribution in [0.4, 0.5) is 5.69 Å². The van der Waals surface area contributed by atoms with Gasteiger partial charge in [0.15, 0.2) is 0 Å². The van der Waals surface area contributed by atoms with Gasteiger partial charge in [0.2, 0.25) is 0 Å². The molecule has 0 radical (unpaired) electrons. The first-order valence-electron chi connectivity index (χ1n) is 8.13. The molecule has 0 spiro atoms. The molecule has 0 unspecified atom stereocenters. The van der Waals surface area contributed by atoms with Crippen LogP contribution in [0.15, 0.2) is 57.9 Å². The number of halogens is 1. The summed E-state index contributed by atoms with van der Waals surface area (Å²) >= 11 is 3.26. The number of carbonyl (C=O) groups excluding carboxylic acids is 1. The molecule has 1 fully saturated rings. The Kier molecular flexibility index (Phi) is 5.44. The predicted octanol–water partition coefficient (Wildman–Crippen LogP) is 3.56. The van der Waals surface area contributed by atoms with Crippen LogP contribution in [-0.2, 0) is 10.0 Å². The summed E-state index contributed by atoms with van der Waals surface area (Å²) in [6, 6.07) is 13.2. The summed E-state index contributed by atoms with van der Waals surface area (Å²) in [5.74, 6) is -0.623. The number of carbonyl (C=O) groups is 1. The normalized spacial score (nSPS) is 15.0. The van der Waals surface area contributed by atoms with Gasteiger partial charge >= 0.3 is 0 Å². The van der Waals surface area contributed by atoms with E-state index in [1.54, 1.807) is 30.3 Å². The van der Waals surface area contributed by atoms with Crippen LogP contribution in [-0.4, -0.2) is 27.4 Å². The minimum atomic E-state index is -3.90. The van der Waals surface area contributed by atoms with E-state index in [1.165, 1.54) is 18.6 Å².